The lowest BCUT2D eigenvalue weighted by molar-refractivity contribution is -0.117. The molecule has 1 aromatic carbocycles. The van der Waals surface area contributed by atoms with Crippen molar-refractivity contribution in [2.45, 2.75) is 26.2 Å². The van der Waals surface area contributed by atoms with Crippen LogP contribution in [0.15, 0.2) is 30.0 Å². The maximum Gasteiger partial charge on any atom is 0.263 e. The second-order valence-electron chi connectivity index (χ2n) is 4.99. The first kappa shape index (κ1) is 19.6. The van der Waals surface area contributed by atoms with E-state index >= 15 is 0 Å². The number of anilines is 1. The van der Waals surface area contributed by atoms with Crippen LogP contribution in [0.4, 0.5) is 14.5 Å². The van der Waals surface area contributed by atoms with Crippen molar-refractivity contribution in [2.24, 2.45) is 0 Å². The summed E-state index contributed by atoms with van der Waals surface area (Å²) in [5, 5.41) is 13.9. The fraction of sp³-hybridized carbons (Fsp3) is 0.412. The average Bonchev–Trinajstić information content (AvgIpc) is 2.56. The lowest BCUT2D eigenvalue weighted by Crippen LogP contribution is -2.26. The van der Waals surface area contributed by atoms with E-state index in [2.05, 4.69) is 17.6 Å². The Morgan fingerprint density at radius 2 is 1.96 bits per heavy atom. The predicted molar refractivity (Wildman–Crippen MR) is 87.0 cm³/mol. The van der Waals surface area contributed by atoms with Gasteiger partial charge in [0.2, 0.25) is 0 Å². The van der Waals surface area contributed by atoms with Gasteiger partial charge in [-0.15, -0.1) is 0 Å². The van der Waals surface area contributed by atoms with Gasteiger partial charge in [-0.2, -0.15) is 5.26 Å². The molecule has 0 saturated heterocycles. The number of benzene rings is 1. The molecule has 0 heterocycles. The standard InChI is InChI=1S/C17H21F2N3O2/c1-2-3-9-24-10-5-8-21-17(23)13(11-20)12-22-16-14(18)6-4-7-15(16)19/h4,6-7,12,22H,2-3,5,8-10H2,1H3,(H,21,23)/b13-12-. The van der Waals surface area contributed by atoms with Crippen molar-refractivity contribution < 1.29 is 18.3 Å². The van der Waals surface area contributed by atoms with Gasteiger partial charge >= 0.3 is 0 Å². The maximum absolute atomic E-state index is 13.5. The van der Waals surface area contributed by atoms with Crippen molar-refractivity contribution in [1.82, 2.24) is 5.32 Å². The van der Waals surface area contributed by atoms with Crippen molar-refractivity contribution >= 4 is 11.6 Å². The Bertz CT molecular complexity index is 592. The van der Waals surface area contributed by atoms with E-state index in [1.165, 1.54) is 6.07 Å². The number of nitriles is 1. The Labute approximate surface area is 140 Å². The third-order valence-corrected chi connectivity index (χ3v) is 3.08. The molecule has 130 valence electrons. The van der Waals surface area contributed by atoms with E-state index in [9.17, 15) is 13.6 Å². The third kappa shape index (κ3) is 6.75. The summed E-state index contributed by atoms with van der Waals surface area (Å²) in [7, 11) is 0. The van der Waals surface area contributed by atoms with Crippen LogP contribution in [-0.4, -0.2) is 25.7 Å². The SMILES string of the molecule is CCCCOCCCNC(=O)/C(C#N)=C\Nc1c(F)cccc1F. The number of hydrogen-bond acceptors (Lipinski definition) is 4. The van der Waals surface area contributed by atoms with Crippen LogP contribution in [0.25, 0.3) is 0 Å². The summed E-state index contributed by atoms with van der Waals surface area (Å²) in [6, 6.07) is 5.06. The van der Waals surface area contributed by atoms with Crippen LogP contribution in [0.1, 0.15) is 26.2 Å². The first-order chi connectivity index (χ1) is 11.6. The molecule has 0 unspecified atom stereocenters. The highest BCUT2D eigenvalue weighted by molar-refractivity contribution is 5.97. The second-order valence-corrected chi connectivity index (χ2v) is 4.99. The predicted octanol–water partition coefficient (Wildman–Crippen LogP) is 3.11. The Kier molecular flexibility index (Phi) is 9.09. The lowest BCUT2D eigenvalue weighted by Gasteiger charge is -2.07. The van der Waals surface area contributed by atoms with Gasteiger partial charge < -0.3 is 15.4 Å². The van der Waals surface area contributed by atoms with E-state index < -0.39 is 23.2 Å². The molecule has 2 N–H and O–H groups in total. The van der Waals surface area contributed by atoms with Crippen LogP contribution < -0.4 is 10.6 Å². The summed E-state index contributed by atoms with van der Waals surface area (Å²) in [5.74, 6) is -2.24. The van der Waals surface area contributed by atoms with E-state index in [0.29, 0.717) is 26.2 Å². The number of carbonyl (C=O) groups excluding carboxylic acids is 1. The van der Waals surface area contributed by atoms with Crippen LogP contribution in [0.2, 0.25) is 0 Å². The molecule has 0 spiro atoms. The zero-order chi connectivity index (χ0) is 17.8. The number of para-hydroxylation sites is 1. The quantitative estimate of drug-likeness (QED) is 0.391. The molecule has 0 atom stereocenters. The highest BCUT2D eigenvalue weighted by Crippen LogP contribution is 2.18. The smallest absolute Gasteiger partial charge is 0.263 e. The van der Waals surface area contributed by atoms with Crippen LogP contribution in [0, 0.1) is 23.0 Å². The Morgan fingerprint density at radius 3 is 2.58 bits per heavy atom. The largest absolute Gasteiger partial charge is 0.381 e. The van der Waals surface area contributed by atoms with E-state index in [4.69, 9.17) is 10.00 Å². The Morgan fingerprint density at radius 1 is 1.29 bits per heavy atom. The van der Waals surface area contributed by atoms with Gasteiger partial charge in [0.15, 0.2) is 0 Å². The minimum atomic E-state index is -0.812. The van der Waals surface area contributed by atoms with Crippen molar-refractivity contribution in [3.63, 3.8) is 0 Å². The molecular weight excluding hydrogens is 316 g/mol. The average molecular weight is 337 g/mol. The van der Waals surface area contributed by atoms with Crippen molar-refractivity contribution in [2.75, 3.05) is 25.1 Å². The van der Waals surface area contributed by atoms with Crippen LogP contribution in [0.3, 0.4) is 0 Å². The highest BCUT2D eigenvalue weighted by Gasteiger charge is 2.10. The first-order valence-corrected chi connectivity index (χ1v) is 7.77. The zero-order valence-corrected chi connectivity index (χ0v) is 13.6. The summed E-state index contributed by atoms with van der Waals surface area (Å²) in [5.41, 5.74) is -0.688. The molecule has 0 aromatic heterocycles. The molecule has 7 heteroatoms. The summed E-state index contributed by atoms with van der Waals surface area (Å²) >= 11 is 0. The highest BCUT2D eigenvalue weighted by atomic mass is 19.1. The molecule has 0 saturated carbocycles. The van der Waals surface area contributed by atoms with E-state index in [1.54, 1.807) is 6.07 Å². The first-order valence-electron chi connectivity index (χ1n) is 7.77. The van der Waals surface area contributed by atoms with Gasteiger partial charge in [0, 0.05) is 26.0 Å². The maximum atomic E-state index is 13.5. The van der Waals surface area contributed by atoms with Gasteiger partial charge in [-0.3, -0.25) is 4.79 Å². The minimum absolute atomic E-state index is 0.274. The molecule has 1 amide bonds. The van der Waals surface area contributed by atoms with E-state index in [1.807, 2.05) is 0 Å². The van der Waals surface area contributed by atoms with Gasteiger partial charge in [-0.05, 0) is 25.0 Å². The molecule has 5 nitrogen and oxygen atoms in total. The van der Waals surface area contributed by atoms with E-state index in [0.717, 1.165) is 31.2 Å². The molecule has 0 aliphatic rings. The topological polar surface area (TPSA) is 74.1 Å². The molecule has 0 radical (unpaired) electrons. The Hall–Kier alpha value is -2.46. The number of carbonyl (C=O) groups is 1. The number of amides is 1. The lowest BCUT2D eigenvalue weighted by atomic mass is 10.2. The molecule has 0 bridgehead atoms. The van der Waals surface area contributed by atoms with Crippen molar-refractivity contribution in [3.05, 3.63) is 41.6 Å². The molecule has 1 rings (SSSR count). The van der Waals surface area contributed by atoms with Crippen LogP contribution >= 0.6 is 0 Å². The van der Waals surface area contributed by atoms with Gasteiger partial charge in [0.05, 0.1) is 0 Å². The monoisotopic (exact) mass is 337 g/mol. The normalized spacial score (nSPS) is 11.0. The summed E-state index contributed by atoms with van der Waals surface area (Å²) in [6.07, 6.45) is 3.65. The molecule has 0 fully saturated rings. The van der Waals surface area contributed by atoms with Gasteiger partial charge in [-0.1, -0.05) is 19.4 Å². The van der Waals surface area contributed by atoms with E-state index in [-0.39, 0.29) is 5.57 Å². The zero-order valence-electron chi connectivity index (χ0n) is 13.6. The van der Waals surface area contributed by atoms with Gasteiger partial charge in [-0.25, -0.2) is 8.78 Å². The number of nitrogens with one attached hydrogen (secondary N) is 2. The molecule has 24 heavy (non-hydrogen) atoms. The summed E-state index contributed by atoms with van der Waals surface area (Å²) in [4.78, 5) is 11.8. The number of halogens is 2. The number of unbranched alkanes of at least 4 members (excludes halogenated alkanes) is 1. The van der Waals surface area contributed by atoms with Crippen molar-refractivity contribution in [3.8, 4) is 6.07 Å². The second kappa shape index (κ2) is 11.1. The summed E-state index contributed by atoms with van der Waals surface area (Å²) < 4.78 is 32.3. The number of nitrogens with zero attached hydrogens (tertiary/aromatic N) is 1. The fourth-order valence-electron chi connectivity index (χ4n) is 1.75. The molecule has 0 aliphatic carbocycles. The van der Waals surface area contributed by atoms with Crippen LogP contribution in [0.5, 0.6) is 0 Å². The summed E-state index contributed by atoms with van der Waals surface area (Å²) in [6.45, 7) is 3.62. The fourth-order valence-corrected chi connectivity index (χ4v) is 1.75. The third-order valence-electron chi connectivity index (χ3n) is 3.08. The molecular formula is C17H21F2N3O2. The van der Waals surface area contributed by atoms with Crippen molar-refractivity contribution in [1.29, 1.82) is 5.26 Å². The van der Waals surface area contributed by atoms with Gasteiger partial charge in [0.25, 0.3) is 5.91 Å². The number of rotatable bonds is 10. The Balaban J connectivity index is 2.45. The number of ether oxygens (including phenoxy) is 1. The number of hydrogen-bond donors (Lipinski definition) is 2. The molecule has 0 aliphatic heterocycles. The van der Waals surface area contributed by atoms with Crippen LogP contribution in [-0.2, 0) is 9.53 Å². The molecule has 1 aromatic rings. The minimum Gasteiger partial charge on any atom is -0.381 e. The van der Waals surface area contributed by atoms with Gasteiger partial charge in [0.1, 0.15) is 29.0 Å².